The summed E-state index contributed by atoms with van der Waals surface area (Å²) >= 11 is 0. The summed E-state index contributed by atoms with van der Waals surface area (Å²) in [6, 6.07) is 77.2. The molecule has 0 bridgehead atoms. The van der Waals surface area contributed by atoms with Crippen molar-refractivity contribution in [2.24, 2.45) is 0 Å². The van der Waals surface area contributed by atoms with Crippen LogP contribution in [0.3, 0.4) is 0 Å². The summed E-state index contributed by atoms with van der Waals surface area (Å²) in [7, 11) is 3.06. The van der Waals surface area contributed by atoms with Crippen LogP contribution in [0.5, 0.6) is 0 Å². The van der Waals surface area contributed by atoms with E-state index in [2.05, 4.69) is 0 Å². The van der Waals surface area contributed by atoms with E-state index in [-0.39, 0.29) is 66.1 Å². The van der Waals surface area contributed by atoms with E-state index in [0.717, 1.165) is 44.5 Å². The van der Waals surface area contributed by atoms with E-state index in [1.807, 2.05) is 243 Å². The standard InChI is InChI=1S/C76H82O17/c1-79-66-68(92-75-70(85-47-57-35-19-7-20-36-57)65(83-45-55-31-15-5-16-32-55)63(77)61(89-75)51-81-43-53-27-11-3-12-28-53)69(73(78)88-50-60-41-25-10-26-42-60)93-76(71(66)86-48-58-37-21-8-22-38-58)91-64-62(52-82-44-54-29-13-4-14-30-54)90-74(80-2)72(87-49-59-39-23-9-24-40-59)67(64)84-46-56-33-17-6-18-34-56/h3-42,61-72,74-77H,43-52H2,1-2H3/t61-,62-,63-,64-,65+,66+,67+,68+,69-,70-,71-,72-,74+,75-,76-/m1/s1. The van der Waals surface area contributed by atoms with Gasteiger partial charge in [0.1, 0.15) is 73.8 Å². The first-order valence-corrected chi connectivity index (χ1v) is 31.6. The number of esters is 1. The van der Waals surface area contributed by atoms with Gasteiger partial charge in [0.25, 0.3) is 0 Å². The quantitative estimate of drug-likeness (QED) is 0.0394. The van der Waals surface area contributed by atoms with Crippen molar-refractivity contribution in [2.45, 2.75) is 145 Å². The number of methoxy groups -OCH3 is 2. The number of benzene rings is 8. The van der Waals surface area contributed by atoms with E-state index in [1.54, 1.807) is 7.11 Å². The summed E-state index contributed by atoms with van der Waals surface area (Å²) in [6.07, 6.45) is -17.9. The molecule has 0 radical (unpaired) electrons. The number of carbonyl (C=O) groups excluding carboxylic acids is 1. The Labute approximate surface area is 544 Å². The van der Waals surface area contributed by atoms with Crippen molar-refractivity contribution >= 4 is 5.97 Å². The van der Waals surface area contributed by atoms with Crippen LogP contribution in [0.15, 0.2) is 243 Å². The predicted octanol–water partition coefficient (Wildman–Crippen LogP) is 11.1. The number of hydrogen-bond acceptors (Lipinski definition) is 17. The summed E-state index contributed by atoms with van der Waals surface area (Å²) in [5, 5.41) is 12.6. The number of ether oxygens (including phenoxy) is 15. The maximum absolute atomic E-state index is 15.5. The third-order valence-electron chi connectivity index (χ3n) is 16.5. The molecule has 15 atom stereocenters. The first-order chi connectivity index (χ1) is 45.9. The van der Waals surface area contributed by atoms with Crippen molar-refractivity contribution < 1.29 is 81.0 Å². The molecule has 0 aliphatic carbocycles. The lowest BCUT2D eigenvalue weighted by Gasteiger charge is -2.51. The van der Waals surface area contributed by atoms with Gasteiger partial charge in [-0.15, -0.1) is 0 Å². The molecular formula is C76H82O17. The van der Waals surface area contributed by atoms with E-state index in [9.17, 15) is 5.11 Å². The van der Waals surface area contributed by atoms with Gasteiger partial charge in [-0.1, -0.05) is 243 Å². The monoisotopic (exact) mass is 1270 g/mol. The van der Waals surface area contributed by atoms with Gasteiger partial charge in [0.15, 0.2) is 25.0 Å². The average molecular weight is 1270 g/mol. The molecule has 3 fully saturated rings. The van der Waals surface area contributed by atoms with Gasteiger partial charge in [-0.3, -0.25) is 0 Å². The van der Waals surface area contributed by atoms with Crippen molar-refractivity contribution in [3.05, 3.63) is 287 Å². The zero-order valence-corrected chi connectivity index (χ0v) is 52.3. The van der Waals surface area contributed by atoms with Crippen LogP contribution >= 0.6 is 0 Å². The Morgan fingerprint density at radius 2 is 0.634 bits per heavy atom. The third-order valence-corrected chi connectivity index (χ3v) is 16.5. The van der Waals surface area contributed by atoms with E-state index in [4.69, 9.17) is 71.1 Å². The number of rotatable bonds is 32. The molecule has 3 aliphatic heterocycles. The second-order valence-corrected chi connectivity index (χ2v) is 23.0. The van der Waals surface area contributed by atoms with Crippen LogP contribution in [0.4, 0.5) is 0 Å². The Bertz CT molecular complexity index is 3370. The van der Waals surface area contributed by atoms with Crippen LogP contribution in [0.2, 0.25) is 0 Å². The summed E-state index contributed by atoms with van der Waals surface area (Å²) in [6.45, 7) is 0.718. The van der Waals surface area contributed by atoms with Crippen LogP contribution in [0.25, 0.3) is 0 Å². The zero-order valence-electron chi connectivity index (χ0n) is 52.3. The Hall–Kier alpha value is -7.37. The van der Waals surface area contributed by atoms with E-state index in [0.29, 0.717) is 0 Å². The second kappa shape index (κ2) is 35.2. The van der Waals surface area contributed by atoms with Gasteiger partial charge in [0, 0.05) is 14.2 Å². The fraction of sp³-hybridized carbons (Fsp3) is 0.355. The lowest BCUT2D eigenvalue weighted by molar-refractivity contribution is -0.387. The maximum atomic E-state index is 15.5. The van der Waals surface area contributed by atoms with Crippen LogP contribution in [0, 0.1) is 0 Å². The highest BCUT2D eigenvalue weighted by Crippen LogP contribution is 2.39. The van der Waals surface area contributed by atoms with E-state index < -0.39 is 98.1 Å². The van der Waals surface area contributed by atoms with Crippen LogP contribution in [-0.2, 0) is 129 Å². The molecule has 488 valence electrons. The van der Waals surface area contributed by atoms with Gasteiger partial charge in [-0.25, -0.2) is 4.79 Å². The molecular weight excluding hydrogens is 1180 g/mol. The molecule has 0 saturated carbocycles. The number of carbonyl (C=O) groups is 1. The minimum absolute atomic E-state index is 0.0146. The van der Waals surface area contributed by atoms with Gasteiger partial charge < -0.3 is 76.2 Å². The minimum atomic E-state index is -1.64. The summed E-state index contributed by atoms with van der Waals surface area (Å²) in [5.74, 6) is -0.818. The SMILES string of the molecule is CO[C@H]1O[C@H](COCc2ccccc2)[C@@H](O[C@@H]2O[C@@H](C(=O)OCc3ccccc3)[C@@H](O[C@H]3O[C@H](COCc4ccccc4)[C@@H](O)[C@H](OCc4ccccc4)[C@H]3OCc3ccccc3)[C@H](OC)[C@H]2OCc2ccccc2)[C@H](OCc2ccccc2)[C@H]1OCc1ccccc1. The molecule has 8 aromatic rings. The van der Waals surface area contributed by atoms with Gasteiger partial charge in [0.05, 0.1) is 59.5 Å². The number of hydrogen-bond donors (Lipinski definition) is 1. The van der Waals surface area contributed by atoms with Crippen molar-refractivity contribution in [1.29, 1.82) is 0 Å². The van der Waals surface area contributed by atoms with Gasteiger partial charge >= 0.3 is 5.97 Å². The molecule has 8 aromatic carbocycles. The third kappa shape index (κ3) is 18.9. The van der Waals surface area contributed by atoms with Crippen molar-refractivity contribution in [3.63, 3.8) is 0 Å². The largest absolute Gasteiger partial charge is 0.459 e. The highest BCUT2D eigenvalue weighted by Gasteiger charge is 2.58. The van der Waals surface area contributed by atoms with E-state index >= 15 is 4.79 Å². The summed E-state index contributed by atoms with van der Waals surface area (Å²) < 4.78 is 102. The molecule has 1 N–H and O–H groups in total. The molecule has 3 heterocycles. The molecule has 17 heteroatoms. The normalized spacial score (nSPS) is 26.3. The zero-order chi connectivity index (χ0) is 63.8. The maximum Gasteiger partial charge on any atom is 0.338 e. The Morgan fingerprint density at radius 3 is 1.03 bits per heavy atom. The predicted molar refractivity (Wildman–Crippen MR) is 343 cm³/mol. The highest BCUT2D eigenvalue weighted by molar-refractivity contribution is 5.76. The lowest BCUT2D eigenvalue weighted by atomic mass is 9.95. The fourth-order valence-electron chi connectivity index (χ4n) is 11.6. The smallest absolute Gasteiger partial charge is 0.338 e. The van der Waals surface area contributed by atoms with E-state index in [1.165, 1.54) is 7.11 Å². The Kier molecular flexibility index (Phi) is 25.4. The average Bonchev–Trinajstić information content (AvgIpc) is 0.843. The van der Waals surface area contributed by atoms with Gasteiger partial charge in [-0.2, -0.15) is 0 Å². The van der Waals surface area contributed by atoms with Gasteiger partial charge in [0.2, 0.25) is 0 Å². The molecule has 0 amide bonds. The summed E-state index contributed by atoms with van der Waals surface area (Å²) in [4.78, 5) is 15.5. The fourth-order valence-corrected chi connectivity index (χ4v) is 11.6. The summed E-state index contributed by atoms with van der Waals surface area (Å²) in [5.41, 5.74) is 6.87. The number of aliphatic hydroxyl groups is 1. The molecule has 3 aliphatic rings. The number of aliphatic hydroxyl groups excluding tert-OH is 1. The first-order valence-electron chi connectivity index (χ1n) is 31.6. The molecule has 0 unspecified atom stereocenters. The minimum Gasteiger partial charge on any atom is -0.459 e. The molecule has 11 rings (SSSR count). The van der Waals surface area contributed by atoms with Crippen molar-refractivity contribution in [2.75, 3.05) is 27.4 Å². The van der Waals surface area contributed by atoms with Crippen molar-refractivity contribution in [3.8, 4) is 0 Å². The molecule has 3 saturated heterocycles. The highest BCUT2D eigenvalue weighted by atomic mass is 16.8. The van der Waals surface area contributed by atoms with Crippen LogP contribution in [-0.4, -0.2) is 131 Å². The van der Waals surface area contributed by atoms with Gasteiger partial charge in [-0.05, 0) is 44.5 Å². The van der Waals surface area contributed by atoms with Crippen molar-refractivity contribution in [1.82, 2.24) is 0 Å². The first kappa shape index (κ1) is 67.1. The lowest BCUT2D eigenvalue weighted by Crippen LogP contribution is -2.68. The Balaban J connectivity index is 0.991. The topological polar surface area (TPSA) is 176 Å². The Morgan fingerprint density at radius 1 is 0.323 bits per heavy atom. The molecule has 0 spiro atoms. The molecule has 93 heavy (non-hydrogen) atoms. The van der Waals surface area contributed by atoms with Crippen LogP contribution in [0.1, 0.15) is 44.5 Å². The molecule has 0 aromatic heterocycles. The second-order valence-electron chi connectivity index (χ2n) is 23.0. The molecule has 17 nitrogen and oxygen atoms in total. The van der Waals surface area contributed by atoms with Crippen LogP contribution < -0.4 is 0 Å².